The fraction of sp³-hybridized carbons (Fsp3) is 0.533. The van der Waals surface area contributed by atoms with Gasteiger partial charge < -0.3 is 4.90 Å². The van der Waals surface area contributed by atoms with Gasteiger partial charge in [-0.1, -0.05) is 20.8 Å². The van der Waals surface area contributed by atoms with Crippen LogP contribution in [-0.2, 0) is 6.18 Å². The van der Waals surface area contributed by atoms with Crippen molar-refractivity contribution in [1.82, 2.24) is 4.90 Å². The van der Waals surface area contributed by atoms with E-state index >= 15 is 0 Å². The molecule has 1 aromatic rings. The molecule has 0 heterocycles. The van der Waals surface area contributed by atoms with Gasteiger partial charge in [0.1, 0.15) is 5.82 Å². The molecule has 0 saturated carbocycles. The van der Waals surface area contributed by atoms with Gasteiger partial charge in [0, 0.05) is 13.1 Å². The van der Waals surface area contributed by atoms with Crippen LogP contribution in [0.5, 0.6) is 0 Å². The summed E-state index contributed by atoms with van der Waals surface area (Å²) < 4.78 is 51.7. The summed E-state index contributed by atoms with van der Waals surface area (Å²) >= 11 is 0. The minimum atomic E-state index is -4.61. The Morgan fingerprint density at radius 3 is 2.14 bits per heavy atom. The van der Waals surface area contributed by atoms with Crippen molar-refractivity contribution in [2.24, 2.45) is 5.41 Å². The van der Waals surface area contributed by atoms with E-state index < -0.39 is 29.0 Å². The van der Waals surface area contributed by atoms with Gasteiger partial charge >= 0.3 is 6.18 Å². The van der Waals surface area contributed by atoms with E-state index in [9.17, 15) is 22.4 Å². The Labute approximate surface area is 121 Å². The van der Waals surface area contributed by atoms with Crippen LogP contribution in [0.25, 0.3) is 0 Å². The lowest BCUT2D eigenvalue weighted by Crippen LogP contribution is -2.43. The Morgan fingerprint density at radius 1 is 1.19 bits per heavy atom. The summed E-state index contributed by atoms with van der Waals surface area (Å²) in [5, 5.41) is 0. The summed E-state index contributed by atoms with van der Waals surface area (Å²) in [7, 11) is 1.46. The van der Waals surface area contributed by atoms with Crippen LogP contribution in [-0.4, -0.2) is 23.9 Å². The largest absolute Gasteiger partial charge is 0.416 e. The fourth-order valence-electron chi connectivity index (χ4n) is 1.81. The third-order valence-corrected chi connectivity index (χ3v) is 3.68. The third-order valence-electron chi connectivity index (χ3n) is 3.68. The Morgan fingerprint density at radius 2 is 1.71 bits per heavy atom. The first-order valence-electron chi connectivity index (χ1n) is 6.49. The van der Waals surface area contributed by atoms with Crippen molar-refractivity contribution >= 4 is 5.91 Å². The highest BCUT2D eigenvalue weighted by atomic mass is 19.4. The van der Waals surface area contributed by atoms with Crippen molar-refractivity contribution in [2.45, 2.75) is 39.9 Å². The van der Waals surface area contributed by atoms with Crippen LogP contribution < -0.4 is 0 Å². The Balaban J connectivity index is 3.19. The lowest BCUT2D eigenvalue weighted by atomic mass is 9.87. The Bertz CT molecular complexity index is 531. The van der Waals surface area contributed by atoms with Gasteiger partial charge in [-0.05, 0) is 30.5 Å². The van der Waals surface area contributed by atoms with E-state index in [2.05, 4.69) is 0 Å². The van der Waals surface area contributed by atoms with E-state index in [1.807, 2.05) is 20.8 Å². The molecule has 0 aliphatic heterocycles. The van der Waals surface area contributed by atoms with E-state index in [-0.39, 0.29) is 11.5 Å². The van der Waals surface area contributed by atoms with Crippen molar-refractivity contribution in [3.63, 3.8) is 0 Å². The van der Waals surface area contributed by atoms with Crippen molar-refractivity contribution in [1.29, 1.82) is 0 Å². The molecule has 0 fully saturated rings. The highest BCUT2D eigenvalue weighted by Crippen LogP contribution is 2.31. The number of carbonyl (C=O) groups excluding carboxylic acids is 1. The van der Waals surface area contributed by atoms with Gasteiger partial charge in [0.05, 0.1) is 11.1 Å². The zero-order valence-corrected chi connectivity index (χ0v) is 12.7. The lowest BCUT2D eigenvalue weighted by Gasteiger charge is -2.35. The van der Waals surface area contributed by atoms with E-state index in [0.29, 0.717) is 18.2 Å². The molecule has 0 N–H and O–H groups in total. The number of carbonyl (C=O) groups is 1. The maximum atomic E-state index is 13.7. The number of benzene rings is 1. The lowest BCUT2D eigenvalue weighted by molar-refractivity contribution is -0.137. The van der Waals surface area contributed by atoms with Crippen LogP contribution in [0.4, 0.5) is 17.6 Å². The summed E-state index contributed by atoms with van der Waals surface area (Å²) in [6.07, 6.45) is -4.61. The van der Waals surface area contributed by atoms with Gasteiger partial charge in [-0.15, -0.1) is 0 Å². The average Bonchev–Trinajstić information content (AvgIpc) is 2.34. The van der Waals surface area contributed by atoms with Crippen molar-refractivity contribution < 1.29 is 22.4 Å². The summed E-state index contributed by atoms with van der Waals surface area (Å²) in [5.41, 5.74) is -1.88. The van der Waals surface area contributed by atoms with Gasteiger partial charge in [-0.3, -0.25) is 4.79 Å². The molecule has 118 valence electrons. The van der Waals surface area contributed by atoms with E-state index in [1.54, 1.807) is 6.92 Å². The molecular weight excluding hydrogens is 286 g/mol. The highest BCUT2D eigenvalue weighted by Gasteiger charge is 2.33. The van der Waals surface area contributed by atoms with Crippen molar-refractivity contribution in [2.75, 3.05) is 7.05 Å². The number of nitrogens with zero attached hydrogens (tertiary/aromatic N) is 1. The van der Waals surface area contributed by atoms with E-state index in [0.717, 1.165) is 0 Å². The molecule has 1 amide bonds. The van der Waals surface area contributed by atoms with E-state index in [4.69, 9.17) is 0 Å². The minimum absolute atomic E-state index is 0.265. The SMILES string of the molecule is CC(N(C)C(=O)c1cc(C(F)(F)F)ccc1F)C(C)(C)C. The van der Waals surface area contributed by atoms with Crippen LogP contribution in [0.2, 0.25) is 0 Å². The van der Waals surface area contributed by atoms with Gasteiger partial charge in [0.15, 0.2) is 0 Å². The highest BCUT2D eigenvalue weighted by molar-refractivity contribution is 5.94. The Kier molecular flexibility index (Phi) is 4.70. The van der Waals surface area contributed by atoms with Crippen LogP contribution in [0.3, 0.4) is 0 Å². The molecule has 1 atom stereocenters. The summed E-state index contributed by atoms with van der Waals surface area (Å²) in [4.78, 5) is 13.5. The number of halogens is 4. The number of hydrogen-bond acceptors (Lipinski definition) is 1. The molecule has 0 spiro atoms. The second-order valence-corrected chi connectivity index (χ2v) is 6.15. The molecule has 0 bridgehead atoms. The topological polar surface area (TPSA) is 20.3 Å². The first-order chi connectivity index (χ1) is 9.35. The van der Waals surface area contributed by atoms with Gasteiger partial charge in [0.2, 0.25) is 0 Å². The van der Waals surface area contributed by atoms with Crippen molar-refractivity contribution in [3.8, 4) is 0 Å². The molecule has 2 nitrogen and oxygen atoms in total. The van der Waals surface area contributed by atoms with Gasteiger partial charge in [0.25, 0.3) is 5.91 Å². The molecule has 1 rings (SSSR count). The molecule has 21 heavy (non-hydrogen) atoms. The predicted molar refractivity (Wildman–Crippen MR) is 72.4 cm³/mol. The van der Waals surface area contributed by atoms with Gasteiger partial charge in [-0.25, -0.2) is 4.39 Å². The fourth-order valence-corrected chi connectivity index (χ4v) is 1.81. The maximum Gasteiger partial charge on any atom is 0.416 e. The van der Waals surface area contributed by atoms with E-state index in [1.165, 1.54) is 11.9 Å². The quantitative estimate of drug-likeness (QED) is 0.744. The predicted octanol–water partition coefficient (Wildman–Crippen LogP) is 4.35. The number of amides is 1. The second kappa shape index (κ2) is 5.66. The van der Waals surface area contributed by atoms with Crippen molar-refractivity contribution in [3.05, 3.63) is 35.1 Å². The normalized spacial score (nSPS) is 14.0. The van der Waals surface area contributed by atoms with Crippen LogP contribution in [0, 0.1) is 11.2 Å². The first-order valence-corrected chi connectivity index (χ1v) is 6.49. The number of alkyl halides is 3. The Hall–Kier alpha value is -1.59. The number of rotatable bonds is 2. The third kappa shape index (κ3) is 3.95. The molecule has 0 aliphatic carbocycles. The molecular formula is C15H19F4NO. The molecule has 0 radical (unpaired) electrons. The standard InChI is InChI=1S/C15H19F4NO/c1-9(14(2,3)4)20(5)13(21)11-8-10(15(17,18)19)6-7-12(11)16/h6-9H,1-5H3. The van der Waals surface area contributed by atoms with Crippen LogP contribution in [0.1, 0.15) is 43.6 Å². The molecule has 0 aliphatic rings. The molecule has 1 aromatic carbocycles. The first kappa shape index (κ1) is 17.5. The smallest absolute Gasteiger partial charge is 0.338 e. The summed E-state index contributed by atoms with van der Waals surface area (Å²) in [6.45, 7) is 7.45. The minimum Gasteiger partial charge on any atom is -0.338 e. The molecule has 0 saturated heterocycles. The molecule has 6 heteroatoms. The number of hydrogen-bond donors (Lipinski definition) is 0. The van der Waals surface area contributed by atoms with Gasteiger partial charge in [-0.2, -0.15) is 13.2 Å². The second-order valence-electron chi connectivity index (χ2n) is 6.15. The summed E-state index contributed by atoms with van der Waals surface area (Å²) in [6, 6.07) is 1.59. The zero-order valence-electron chi connectivity index (χ0n) is 12.7. The van der Waals surface area contributed by atoms with Crippen LogP contribution in [0.15, 0.2) is 18.2 Å². The monoisotopic (exact) mass is 305 g/mol. The summed E-state index contributed by atoms with van der Waals surface area (Å²) in [5.74, 6) is -1.72. The zero-order chi connectivity index (χ0) is 16.6. The molecule has 0 aromatic heterocycles. The average molecular weight is 305 g/mol. The maximum absolute atomic E-state index is 13.7. The van der Waals surface area contributed by atoms with Crippen LogP contribution >= 0.6 is 0 Å². The molecule has 1 unspecified atom stereocenters.